The molecule has 0 spiro atoms. The molecule has 0 aromatic carbocycles. The van der Waals surface area contributed by atoms with Crippen molar-refractivity contribution in [2.24, 2.45) is 5.92 Å². The molecule has 0 radical (unpaired) electrons. The van der Waals surface area contributed by atoms with Gasteiger partial charge in [0.1, 0.15) is 23.7 Å². The summed E-state index contributed by atoms with van der Waals surface area (Å²) in [6.45, 7) is 2.39. The van der Waals surface area contributed by atoms with Crippen LogP contribution in [0.15, 0.2) is 36.8 Å². The van der Waals surface area contributed by atoms with E-state index in [1.54, 1.807) is 6.20 Å². The number of halogens is 3. The van der Waals surface area contributed by atoms with E-state index in [1.807, 2.05) is 23.1 Å². The third-order valence-corrected chi connectivity index (χ3v) is 5.07. The summed E-state index contributed by atoms with van der Waals surface area (Å²) in [6.07, 6.45) is 0.295. The fourth-order valence-electron chi connectivity index (χ4n) is 3.83. The summed E-state index contributed by atoms with van der Waals surface area (Å²) >= 11 is 0. The molecule has 2 aromatic heterocycles. The minimum Gasteiger partial charge on any atom is -0.355 e. The second kappa shape index (κ2) is 6.16. The quantitative estimate of drug-likeness (QED) is 0.834. The minimum atomic E-state index is -4.45. The summed E-state index contributed by atoms with van der Waals surface area (Å²) < 4.78 is 38.8. The van der Waals surface area contributed by atoms with Crippen LogP contribution >= 0.6 is 0 Å². The van der Waals surface area contributed by atoms with Crippen LogP contribution in [-0.2, 0) is 6.18 Å². The molecule has 2 aromatic rings. The summed E-state index contributed by atoms with van der Waals surface area (Å²) in [4.78, 5) is 16.1. The number of hydrogen-bond donors (Lipinski definition) is 0. The smallest absolute Gasteiger partial charge is 0.355 e. The number of hydrogen-bond acceptors (Lipinski definition) is 5. The van der Waals surface area contributed by atoms with Crippen molar-refractivity contribution < 1.29 is 13.2 Å². The average Bonchev–Trinajstić information content (AvgIpc) is 3.05. The Balaban J connectivity index is 1.58. The predicted molar refractivity (Wildman–Crippen MR) is 87.3 cm³/mol. The van der Waals surface area contributed by atoms with Gasteiger partial charge in [0.05, 0.1) is 6.04 Å². The number of piperidine rings is 1. The first kappa shape index (κ1) is 16.1. The number of aromatic nitrogens is 3. The number of anilines is 2. The van der Waals surface area contributed by atoms with E-state index in [2.05, 4.69) is 19.9 Å². The molecule has 0 aliphatic carbocycles. The Kier molecular flexibility index (Phi) is 3.97. The van der Waals surface area contributed by atoms with Gasteiger partial charge in [-0.15, -0.1) is 0 Å². The van der Waals surface area contributed by atoms with Gasteiger partial charge in [0.25, 0.3) is 0 Å². The number of nitrogens with zero attached hydrogens (tertiary/aromatic N) is 5. The molecule has 4 rings (SSSR count). The molecule has 2 aliphatic rings. The van der Waals surface area contributed by atoms with Gasteiger partial charge in [-0.1, -0.05) is 6.07 Å². The van der Waals surface area contributed by atoms with E-state index < -0.39 is 11.9 Å². The van der Waals surface area contributed by atoms with Gasteiger partial charge in [0.15, 0.2) is 0 Å². The normalized spacial score (nSPS) is 23.6. The molecule has 5 nitrogen and oxygen atoms in total. The second-order valence-corrected chi connectivity index (χ2v) is 6.49. The molecule has 0 bridgehead atoms. The number of rotatable bonds is 2. The van der Waals surface area contributed by atoms with E-state index in [-0.39, 0.29) is 6.04 Å². The summed E-state index contributed by atoms with van der Waals surface area (Å²) in [5.41, 5.74) is -0.890. The molecule has 2 atom stereocenters. The van der Waals surface area contributed by atoms with E-state index >= 15 is 0 Å². The SMILES string of the molecule is FC(F)(F)c1cc(N2CCC3CCN(c4ccccn4)CC32)ncn1. The van der Waals surface area contributed by atoms with Gasteiger partial charge >= 0.3 is 6.18 Å². The fourth-order valence-corrected chi connectivity index (χ4v) is 3.83. The molecule has 0 amide bonds. The Morgan fingerprint density at radius 3 is 2.60 bits per heavy atom. The number of pyridine rings is 1. The maximum Gasteiger partial charge on any atom is 0.433 e. The lowest BCUT2D eigenvalue weighted by atomic mass is 9.92. The zero-order chi connectivity index (χ0) is 17.4. The van der Waals surface area contributed by atoms with Gasteiger partial charge in [-0.25, -0.2) is 15.0 Å². The molecule has 0 saturated carbocycles. The van der Waals surface area contributed by atoms with Gasteiger partial charge < -0.3 is 9.80 Å². The van der Waals surface area contributed by atoms with Gasteiger partial charge in [-0.2, -0.15) is 13.2 Å². The highest BCUT2D eigenvalue weighted by Gasteiger charge is 2.40. The van der Waals surface area contributed by atoms with Gasteiger partial charge in [0, 0.05) is 31.9 Å². The maximum absolute atomic E-state index is 12.9. The molecule has 25 heavy (non-hydrogen) atoms. The van der Waals surface area contributed by atoms with Crippen LogP contribution in [0.2, 0.25) is 0 Å². The molecule has 4 heterocycles. The largest absolute Gasteiger partial charge is 0.433 e. The first-order chi connectivity index (χ1) is 12.0. The van der Waals surface area contributed by atoms with E-state index in [0.717, 1.165) is 50.7 Å². The zero-order valence-electron chi connectivity index (χ0n) is 13.5. The van der Waals surface area contributed by atoms with E-state index in [9.17, 15) is 13.2 Å². The number of fused-ring (bicyclic) bond motifs is 1. The van der Waals surface area contributed by atoms with Gasteiger partial charge in [-0.3, -0.25) is 0 Å². The summed E-state index contributed by atoms with van der Waals surface area (Å²) in [5.74, 6) is 1.74. The molecule has 2 fully saturated rings. The average molecular weight is 349 g/mol. The minimum absolute atomic E-state index is 0.145. The third-order valence-electron chi connectivity index (χ3n) is 5.07. The Hall–Kier alpha value is -2.38. The first-order valence-electron chi connectivity index (χ1n) is 8.34. The van der Waals surface area contributed by atoms with Crippen LogP contribution in [0, 0.1) is 5.92 Å². The Bertz CT molecular complexity index is 737. The second-order valence-electron chi connectivity index (χ2n) is 6.49. The zero-order valence-corrected chi connectivity index (χ0v) is 13.5. The first-order valence-corrected chi connectivity index (χ1v) is 8.34. The lowest BCUT2D eigenvalue weighted by molar-refractivity contribution is -0.141. The number of alkyl halides is 3. The highest BCUT2D eigenvalue weighted by molar-refractivity contribution is 5.46. The highest BCUT2D eigenvalue weighted by atomic mass is 19.4. The van der Waals surface area contributed by atoms with E-state index in [4.69, 9.17) is 0 Å². The highest BCUT2D eigenvalue weighted by Crippen LogP contribution is 2.36. The van der Waals surface area contributed by atoms with Crippen LogP contribution in [0.1, 0.15) is 18.5 Å². The topological polar surface area (TPSA) is 45.2 Å². The standard InChI is InChI=1S/C17H18F3N5/c18-17(19,20)14-9-16(23-11-22-14)25-8-5-12-4-7-24(10-13(12)25)15-3-1-2-6-21-15/h1-3,6,9,11-13H,4-5,7-8,10H2. The molecule has 2 unspecified atom stereocenters. The van der Waals surface area contributed by atoms with Crippen molar-refractivity contribution in [1.29, 1.82) is 0 Å². The summed E-state index contributed by atoms with van der Waals surface area (Å²) in [5, 5.41) is 0. The summed E-state index contributed by atoms with van der Waals surface area (Å²) in [7, 11) is 0. The Labute approximate surface area is 143 Å². The van der Waals surface area contributed by atoms with Gasteiger partial charge in [0.2, 0.25) is 0 Å². The lowest BCUT2D eigenvalue weighted by Crippen LogP contribution is -2.48. The van der Waals surface area contributed by atoms with Crippen molar-refractivity contribution in [3.05, 3.63) is 42.5 Å². The van der Waals surface area contributed by atoms with Crippen molar-refractivity contribution in [2.45, 2.75) is 25.1 Å². The molecule has 2 saturated heterocycles. The maximum atomic E-state index is 12.9. The van der Waals surface area contributed by atoms with Crippen LogP contribution in [0.25, 0.3) is 0 Å². The molecule has 0 N–H and O–H groups in total. The third kappa shape index (κ3) is 3.12. The Morgan fingerprint density at radius 1 is 1.00 bits per heavy atom. The molecular formula is C17H18F3N5. The van der Waals surface area contributed by atoms with Crippen molar-refractivity contribution in [2.75, 3.05) is 29.4 Å². The van der Waals surface area contributed by atoms with Crippen molar-refractivity contribution >= 4 is 11.6 Å². The van der Waals surface area contributed by atoms with Gasteiger partial charge in [-0.05, 0) is 30.9 Å². The van der Waals surface area contributed by atoms with Crippen molar-refractivity contribution in [3.63, 3.8) is 0 Å². The summed E-state index contributed by atoms with van der Waals surface area (Å²) in [6, 6.07) is 6.99. The van der Waals surface area contributed by atoms with Crippen molar-refractivity contribution in [3.8, 4) is 0 Å². The van der Waals surface area contributed by atoms with Crippen LogP contribution in [0.4, 0.5) is 24.8 Å². The van der Waals surface area contributed by atoms with Crippen LogP contribution in [0.5, 0.6) is 0 Å². The molecule has 8 heteroatoms. The predicted octanol–water partition coefficient (Wildman–Crippen LogP) is 3.00. The van der Waals surface area contributed by atoms with Crippen LogP contribution in [-0.4, -0.2) is 40.6 Å². The fraction of sp³-hybridized carbons (Fsp3) is 0.471. The molecule has 2 aliphatic heterocycles. The van der Waals surface area contributed by atoms with Crippen LogP contribution < -0.4 is 9.80 Å². The Morgan fingerprint density at radius 2 is 1.84 bits per heavy atom. The molecule has 132 valence electrons. The monoisotopic (exact) mass is 349 g/mol. The van der Waals surface area contributed by atoms with Crippen LogP contribution in [0.3, 0.4) is 0 Å². The lowest BCUT2D eigenvalue weighted by Gasteiger charge is -2.39. The molecular weight excluding hydrogens is 331 g/mol. The van der Waals surface area contributed by atoms with E-state index in [0.29, 0.717) is 11.7 Å². The van der Waals surface area contributed by atoms with E-state index in [1.165, 1.54) is 0 Å². The van der Waals surface area contributed by atoms with Crippen molar-refractivity contribution in [1.82, 2.24) is 15.0 Å².